The van der Waals surface area contributed by atoms with Gasteiger partial charge in [0.1, 0.15) is 5.75 Å². The van der Waals surface area contributed by atoms with Crippen LogP contribution in [0.3, 0.4) is 0 Å². The number of para-hydroxylation sites is 1. The fourth-order valence-corrected chi connectivity index (χ4v) is 3.14. The molecule has 1 saturated carbocycles. The fourth-order valence-electron chi connectivity index (χ4n) is 2.96. The molecule has 2 fully saturated rings. The summed E-state index contributed by atoms with van der Waals surface area (Å²) >= 11 is 6.13. The molecule has 5 heteroatoms. The lowest BCUT2D eigenvalue weighted by Crippen LogP contribution is -2.51. The van der Waals surface area contributed by atoms with Gasteiger partial charge in [0.25, 0.3) is 5.91 Å². The summed E-state index contributed by atoms with van der Waals surface area (Å²) in [4.78, 5) is 14.9. The van der Waals surface area contributed by atoms with Gasteiger partial charge >= 0.3 is 0 Å². The van der Waals surface area contributed by atoms with Crippen LogP contribution in [0.5, 0.6) is 5.75 Å². The average molecular weight is 323 g/mol. The van der Waals surface area contributed by atoms with Crippen LogP contribution in [0.4, 0.5) is 0 Å². The second-order valence-corrected chi connectivity index (χ2v) is 6.96. The van der Waals surface area contributed by atoms with Gasteiger partial charge in [0.05, 0.1) is 5.02 Å². The van der Waals surface area contributed by atoms with Crippen LogP contribution < -0.4 is 10.1 Å². The van der Waals surface area contributed by atoms with Crippen molar-refractivity contribution in [2.45, 2.75) is 50.3 Å². The zero-order chi connectivity index (χ0) is 15.7. The lowest BCUT2D eigenvalue weighted by Gasteiger charge is -2.36. The summed E-state index contributed by atoms with van der Waals surface area (Å²) in [6.45, 7) is 3.22. The Balaban J connectivity index is 1.61. The van der Waals surface area contributed by atoms with Gasteiger partial charge in [0.2, 0.25) is 0 Å². The van der Waals surface area contributed by atoms with Crippen LogP contribution in [0.15, 0.2) is 24.3 Å². The third kappa shape index (κ3) is 3.23. The smallest absolute Gasteiger partial charge is 0.264 e. The Labute approximate surface area is 136 Å². The molecule has 3 rings (SSSR count). The third-order valence-electron chi connectivity index (χ3n) is 4.80. The number of nitrogens with zero attached hydrogens (tertiary/aromatic N) is 1. The van der Waals surface area contributed by atoms with Gasteiger partial charge in [-0.1, -0.05) is 23.7 Å². The number of carbonyl (C=O) groups excluding carboxylic acids is 1. The first-order valence-electron chi connectivity index (χ1n) is 7.95. The molecule has 0 aromatic heterocycles. The summed E-state index contributed by atoms with van der Waals surface area (Å²) < 4.78 is 5.94. The van der Waals surface area contributed by atoms with Gasteiger partial charge in [-0.2, -0.15) is 0 Å². The van der Waals surface area contributed by atoms with E-state index in [2.05, 4.69) is 24.2 Å². The minimum absolute atomic E-state index is 0.00849. The van der Waals surface area contributed by atoms with Gasteiger partial charge in [-0.3, -0.25) is 4.79 Å². The van der Waals surface area contributed by atoms with Gasteiger partial charge in [-0.15, -0.1) is 0 Å². The number of hydrogen-bond donors (Lipinski definition) is 1. The van der Waals surface area contributed by atoms with E-state index >= 15 is 0 Å². The highest BCUT2D eigenvalue weighted by Gasteiger charge is 2.53. The number of likely N-dealkylation sites (tertiary alicyclic amines) is 1. The Bertz CT molecular complexity index is 559. The van der Waals surface area contributed by atoms with Gasteiger partial charge in [-0.05, 0) is 38.9 Å². The Morgan fingerprint density at radius 1 is 1.41 bits per heavy atom. The molecule has 1 heterocycles. The molecule has 1 aromatic rings. The monoisotopic (exact) mass is 322 g/mol. The van der Waals surface area contributed by atoms with Crippen LogP contribution in [0.1, 0.15) is 32.6 Å². The molecule has 1 aliphatic carbocycles. The van der Waals surface area contributed by atoms with E-state index in [0.717, 1.165) is 32.2 Å². The Morgan fingerprint density at radius 2 is 2.14 bits per heavy atom. The number of ether oxygens (including phenoxy) is 1. The summed E-state index contributed by atoms with van der Waals surface area (Å²) in [6.07, 6.45) is 3.50. The van der Waals surface area contributed by atoms with Gasteiger partial charge < -0.3 is 15.0 Å². The maximum atomic E-state index is 12.6. The predicted octanol–water partition coefficient (Wildman–Crippen LogP) is 2.85. The number of amides is 1. The number of rotatable bonds is 4. The minimum Gasteiger partial charge on any atom is -0.476 e. The third-order valence-corrected chi connectivity index (χ3v) is 5.12. The van der Waals surface area contributed by atoms with Crippen molar-refractivity contribution in [3.05, 3.63) is 29.3 Å². The van der Waals surface area contributed by atoms with Crippen molar-refractivity contribution < 1.29 is 9.53 Å². The number of piperidine rings is 1. The molecule has 2 aliphatic rings. The highest BCUT2D eigenvalue weighted by atomic mass is 35.5. The SMILES string of the molecule is CC1CC(NC(=O)C2(Oc3ccccc3Cl)CC2)CCN1C. The number of hydrogen-bond acceptors (Lipinski definition) is 3. The van der Waals surface area contributed by atoms with E-state index in [0.29, 0.717) is 16.8 Å². The zero-order valence-electron chi connectivity index (χ0n) is 13.1. The highest BCUT2D eigenvalue weighted by molar-refractivity contribution is 6.32. The quantitative estimate of drug-likeness (QED) is 0.926. The van der Waals surface area contributed by atoms with Gasteiger partial charge in [-0.25, -0.2) is 0 Å². The maximum absolute atomic E-state index is 12.6. The van der Waals surface area contributed by atoms with Crippen LogP contribution in [0.25, 0.3) is 0 Å². The molecule has 0 bridgehead atoms. The lowest BCUT2D eigenvalue weighted by atomic mass is 9.98. The van der Waals surface area contributed by atoms with Crippen molar-refractivity contribution in [3.8, 4) is 5.75 Å². The van der Waals surface area contributed by atoms with Crippen molar-refractivity contribution in [1.29, 1.82) is 0 Å². The van der Waals surface area contributed by atoms with Crippen molar-refractivity contribution in [2.75, 3.05) is 13.6 Å². The lowest BCUT2D eigenvalue weighted by molar-refractivity contribution is -0.131. The molecule has 22 heavy (non-hydrogen) atoms. The number of benzene rings is 1. The highest BCUT2D eigenvalue weighted by Crippen LogP contribution is 2.42. The molecule has 1 N–H and O–H groups in total. The van der Waals surface area contributed by atoms with E-state index in [9.17, 15) is 4.79 Å². The molecule has 2 unspecified atom stereocenters. The molecule has 2 atom stereocenters. The minimum atomic E-state index is -0.711. The van der Waals surface area contributed by atoms with E-state index in [1.54, 1.807) is 6.07 Å². The second-order valence-electron chi connectivity index (χ2n) is 6.55. The van der Waals surface area contributed by atoms with Crippen LogP contribution in [0, 0.1) is 0 Å². The molecule has 4 nitrogen and oxygen atoms in total. The second kappa shape index (κ2) is 6.09. The van der Waals surface area contributed by atoms with Crippen molar-refractivity contribution in [2.24, 2.45) is 0 Å². The predicted molar refractivity (Wildman–Crippen MR) is 87.3 cm³/mol. The van der Waals surface area contributed by atoms with Crippen molar-refractivity contribution in [3.63, 3.8) is 0 Å². The van der Waals surface area contributed by atoms with Crippen LogP contribution in [0.2, 0.25) is 5.02 Å². The maximum Gasteiger partial charge on any atom is 0.264 e. The molecule has 120 valence electrons. The summed E-state index contributed by atoms with van der Waals surface area (Å²) in [7, 11) is 2.13. The first-order chi connectivity index (χ1) is 10.5. The topological polar surface area (TPSA) is 41.6 Å². The fraction of sp³-hybridized carbons (Fsp3) is 0.588. The van der Waals surface area contributed by atoms with E-state index < -0.39 is 5.60 Å². The molecule has 1 aliphatic heterocycles. The summed E-state index contributed by atoms with van der Waals surface area (Å²) in [6, 6.07) is 8.06. The Morgan fingerprint density at radius 3 is 2.77 bits per heavy atom. The zero-order valence-corrected chi connectivity index (χ0v) is 13.9. The Hall–Kier alpha value is -1.26. The number of nitrogens with one attached hydrogen (secondary N) is 1. The van der Waals surface area contributed by atoms with Crippen LogP contribution in [-0.2, 0) is 4.79 Å². The largest absolute Gasteiger partial charge is 0.476 e. The van der Waals surface area contributed by atoms with E-state index in [1.165, 1.54) is 0 Å². The van der Waals surface area contributed by atoms with Gasteiger partial charge in [0.15, 0.2) is 5.60 Å². The van der Waals surface area contributed by atoms with Crippen LogP contribution in [-0.4, -0.2) is 42.1 Å². The average Bonchev–Trinajstić information content (AvgIpc) is 3.26. The number of carbonyl (C=O) groups is 1. The molecular formula is C17H23ClN2O2. The van der Waals surface area contributed by atoms with Gasteiger partial charge in [0, 0.05) is 31.5 Å². The first kappa shape index (κ1) is 15.6. The standard InChI is InChI=1S/C17H23ClN2O2/c1-12-11-13(7-10-20(12)2)19-16(21)17(8-9-17)22-15-6-4-3-5-14(15)18/h3-6,12-13H,7-11H2,1-2H3,(H,19,21). The van der Waals surface area contributed by atoms with E-state index in [1.807, 2.05) is 18.2 Å². The van der Waals surface area contributed by atoms with E-state index in [4.69, 9.17) is 16.3 Å². The molecule has 1 saturated heterocycles. The van der Waals surface area contributed by atoms with Crippen LogP contribution >= 0.6 is 11.6 Å². The normalized spacial score (nSPS) is 27.2. The van der Waals surface area contributed by atoms with Crippen molar-refractivity contribution in [1.82, 2.24) is 10.2 Å². The van der Waals surface area contributed by atoms with Crippen molar-refractivity contribution >= 4 is 17.5 Å². The molecule has 0 spiro atoms. The summed E-state index contributed by atoms with van der Waals surface area (Å²) in [5.74, 6) is 0.600. The summed E-state index contributed by atoms with van der Waals surface area (Å²) in [5.41, 5.74) is -0.711. The molecule has 1 aromatic carbocycles. The van der Waals surface area contributed by atoms with E-state index in [-0.39, 0.29) is 11.9 Å². The first-order valence-corrected chi connectivity index (χ1v) is 8.33. The molecule has 0 radical (unpaired) electrons. The molecule has 1 amide bonds. The Kier molecular flexibility index (Phi) is 4.33. The number of halogens is 1. The molecular weight excluding hydrogens is 300 g/mol. The summed E-state index contributed by atoms with van der Waals surface area (Å²) in [5, 5.41) is 3.73.